The predicted octanol–water partition coefficient (Wildman–Crippen LogP) is 4.15. The molecule has 0 saturated carbocycles. The lowest BCUT2D eigenvalue weighted by Gasteiger charge is -2.07. The number of aryl methyl sites for hydroxylation is 1. The molecule has 2 nitrogen and oxygen atoms in total. The third-order valence-electron chi connectivity index (χ3n) is 2.67. The second-order valence-corrected chi connectivity index (χ2v) is 4.37. The van der Waals surface area contributed by atoms with Gasteiger partial charge in [0.15, 0.2) is 0 Å². The Bertz CT molecular complexity index is 623. The van der Waals surface area contributed by atoms with Gasteiger partial charge in [0, 0.05) is 10.6 Å². The van der Waals surface area contributed by atoms with Crippen molar-refractivity contribution in [2.75, 3.05) is 0 Å². The molecule has 0 unspecified atom stereocenters. The van der Waals surface area contributed by atoms with Crippen molar-refractivity contribution in [2.24, 2.45) is 0 Å². The van der Waals surface area contributed by atoms with E-state index in [1.807, 2.05) is 0 Å². The predicted molar refractivity (Wildman–Crippen MR) is 68.5 cm³/mol. The van der Waals surface area contributed by atoms with Crippen LogP contribution in [0.15, 0.2) is 36.4 Å². The summed E-state index contributed by atoms with van der Waals surface area (Å²) >= 11 is 6.05. The number of carboxylic acid groups (broad SMARTS) is 1. The molecular formula is C14H10ClFO2. The lowest BCUT2D eigenvalue weighted by molar-refractivity contribution is 0.0697. The highest BCUT2D eigenvalue weighted by molar-refractivity contribution is 6.33. The average Bonchev–Trinajstić information content (AvgIpc) is 2.34. The van der Waals surface area contributed by atoms with E-state index >= 15 is 0 Å². The van der Waals surface area contributed by atoms with Gasteiger partial charge in [-0.2, -0.15) is 0 Å². The first-order valence-corrected chi connectivity index (χ1v) is 5.66. The van der Waals surface area contributed by atoms with E-state index in [4.69, 9.17) is 16.7 Å². The van der Waals surface area contributed by atoms with E-state index in [1.165, 1.54) is 24.3 Å². The zero-order valence-electron chi connectivity index (χ0n) is 9.58. The fraction of sp³-hybridized carbons (Fsp3) is 0.0714. The minimum absolute atomic E-state index is 0.143. The van der Waals surface area contributed by atoms with Crippen LogP contribution in [0.4, 0.5) is 4.39 Å². The van der Waals surface area contributed by atoms with Crippen molar-refractivity contribution in [2.45, 2.75) is 6.92 Å². The maximum absolute atomic E-state index is 13.5. The van der Waals surface area contributed by atoms with E-state index in [2.05, 4.69) is 0 Å². The minimum atomic E-state index is -1.03. The summed E-state index contributed by atoms with van der Waals surface area (Å²) in [5.41, 5.74) is 1.67. The average molecular weight is 265 g/mol. The van der Waals surface area contributed by atoms with Gasteiger partial charge in [-0.15, -0.1) is 0 Å². The van der Waals surface area contributed by atoms with Crippen molar-refractivity contribution in [3.05, 3.63) is 58.4 Å². The smallest absolute Gasteiger partial charge is 0.335 e. The molecule has 0 aromatic heterocycles. The highest BCUT2D eigenvalue weighted by Gasteiger charge is 2.10. The summed E-state index contributed by atoms with van der Waals surface area (Å²) in [6, 6.07) is 9.09. The van der Waals surface area contributed by atoms with Crippen molar-refractivity contribution in [1.82, 2.24) is 0 Å². The van der Waals surface area contributed by atoms with E-state index in [-0.39, 0.29) is 11.4 Å². The topological polar surface area (TPSA) is 37.3 Å². The normalized spacial score (nSPS) is 10.4. The van der Waals surface area contributed by atoms with Gasteiger partial charge >= 0.3 is 5.97 Å². The SMILES string of the molecule is Cc1cc(Cl)c(-c2cccc(C(=O)O)c2)cc1F. The molecule has 18 heavy (non-hydrogen) atoms. The number of aromatic carboxylic acids is 1. The van der Waals surface area contributed by atoms with Crippen molar-refractivity contribution < 1.29 is 14.3 Å². The lowest BCUT2D eigenvalue weighted by Crippen LogP contribution is -1.96. The summed E-state index contributed by atoms with van der Waals surface area (Å²) in [5.74, 6) is -1.39. The molecule has 0 aliphatic carbocycles. The van der Waals surface area contributed by atoms with Gasteiger partial charge in [-0.1, -0.05) is 23.7 Å². The molecule has 0 atom stereocenters. The second kappa shape index (κ2) is 4.78. The number of carbonyl (C=O) groups is 1. The van der Waals surface area contributed by atoms with Crippen molar-refractivity contribution in [3.63, 3.8) is 0 Å². The fourth-order valence-electron chi connectivity index (χ4n) is 1.69. The fourth-order valence-corrected chi connectivity index (χ4v) is 2.01. The Morgan fingerprint density at radius 1 is 1.28 bits per heavy atom. The molecule has 2 rings (SSSR count). The first kappa shape index (κ1) is 12.6. The van der Waals surface area contributed by atoms with Gasteiger partial charge in [0.1, 0.15) is 5.82 Å². The molecule has 0 saturated heterocycles. The lowest BCUT2D eigenvalue weighted by atomic mass is 10.0. The molecule has 92 valence electrons. The van der Waals surface area contributed by atoms with Crippen LogP contribution in [-0.4, -0.2) is 11.1 Å². The van der Waals surface area contributed by atoms with Crippen LogP contribution in [0.3, 0.4) is 0 Å². The van der Waals surface area contributed by atoms with Gasteiger partial charge < -0.3 is 5.11 Å². The van der Waals surface area contributed by atoms with Gasteiger partial charge in [0.2, 0.25) is 0 Å². The van der Waals surface area contributed by atoms with E-state index in [1.54, 1.807) is 19.1 Å². The van der Waals surface area contributed by atoms with Gasteiger partial charge in [0.05, 0.1) is 5.56 Å². The number of hydrogen-bond acceptors (Lipinski definition) is 1. The van der Waals surface area contributed by atoms with Gasteiger partial charge in [-0.25, -0.2) is 9.18 Å². The first-order chi connectivity index (χ1) is 8.49. The van der Waals surface area contributed by atoms with E-state index in [0.29, 0.717) is 21.7 Å². The molecule has 2 aromatic carbocycles. The van der Waals surface area contributed by atoms with Crippen molar-refractivity contribution in [1.29, 1.82) is 0 Å². The van der Waals surface area contributed by atoms with Crippen LogP contribution in [0.2, 0.25) is 5.02 Å². The second-order valence-electron chi connectivity index (χ2n) is 3.97. The Morgan fingerprint density at radius 2 is 2.00 bits per heavy atom. The third kappa shape index (κ3) is 2.36. The molecule has 0 bridgehead atoms. The van der Waals surface area contributed by atoms with E-state index in [9.17, 15) is 9.18 Å². The highest BCUT2D eigenvalue weighted by Crippen LogP contribution is 2.30. The minimum Gasteiger partial charge on any atom is -0.478 e. The van der Waals surface area contributed by atoms with Gasteiger partial charge in [0.25, 0.3) is 0 Å². The van der Waals surface area contributed by atoms with Crippen molar-refractivity contribution in [3.8, 4) is 11.1 Å². The molecule has 0 radical (unpaired) electrons. The zero-order valence-corrected chi connectivity index (χ0v) is 10.3. The zero-order chi connectivity index (χ0) is 13.3. The van der Waals surface area contributed by atoms with E-state index < -0.39 is 5.97 Å². The van der Waals surface area contributed by atoms with Crippen LogP contribution < -0.4 is 0 Å². The molecule has 0 spiro atoms. The number of hydrogen-bond donors (Lipinski definition) is 1. The standard InChI is InChI=1S/C14H10ClFO2/c1-8-5-12(15)11(7-13(8)16)9-3-2-4-10(6-9)14(17)18/h2-7H,1H3,(H,17,18). The Balaban J connectivity index is 2.58. The maximum Gasteiger partial charge on any atom is 0.335 e. The Labute approximate surface area is 109 Å². The number of rotatable bonds is 2. The largest absolute Gasteiger partial charge is 0.478 e. The molecule has 4 heteroatoms. The van der Waals surface area contributed by atoms with E-state index in [0.717, 1.165) is 0 Å². The van der Waals surface area contributed by atoms with Crippen LogP contribution in [0, 0.1) is 12.7 Å². The summed E-state index contributed by atoms with van der Waals surface area (Å²) in [4.78, 5) is 10.9. The number of benzene rings is 2. The summed E-state index contributed by atoms with van der Waals surface area (Å²) in [6.45, 7) is 1.62. The summed E-state index contributed by atoms with van der Waals surface area (Å²) in [5, 5.41) is 9.32. The first-order valence-electron chi connectivity index (χ1n) is 5.28. The molecule has 2 aromatic rings. The Kier molecular flexibility index (Phi) is 3.34. The molecule has 1 N–H and O–H groups in total. The quantitative estimate of drug-likeness (QED) is 0.885. The van der Waals surface area contributed by atoms with Crippen LogP contribution in [0.1, 0.15) is 15.9 Å². The summed E-state index contributed by atoms with van der Waals surface area (Å²) in [6.07, 6.45) is 0. The maximum atomic E-state index is 13.5. The van der Waals surface area contributed by atoms with Crippen LogP contribution in [0.5, 0.6) is 0 Å². The van der Waals surface area contributed by atoms with Gasteiger partial charge in [-0.3, -0.25) is 0 Å². The third-order valence-corrected chi connectivity index (χ3v) is 2.98. The molecular weight excluding hydrogens is 255 g/mol. The van der Waals surface area contributed by atoms with Crippen LogP contribution >= 0.6 is 11.6 Å². The van der Waals surface area contributed by atoms with Gasteiger partial charge in [-0.05, 0) is 42.3 Å². The molecule has 0 aliphatic heterocycles. The number of carboxylic acids is 1. The molecule has 0 heterocycles. The summed E-state index contributed by atoms with van der Waals surface area (Å²) < 4.78 is 13.5. The highest BCUT2D eigenvalue weighted by atomic mass is 35.5. The molecule has 0 amide bonds. The van der Waals surface area contributed by atoms with Crippen molar-refractivity contribution >= 4 is 17.6 Å². The monoisotopic (exact) mass is 264 g/mol. The Morgan fingerprint density at radius 3 is 2.67 bits per heavy atom. The van der Waals surface area contributed by atoms with Crippen LogP contribution in [-0.2, 0) is 0 Å². The molecule has 0 fully saturated rings. The molecule has 0 aliphatic rings. The number of halogens is 2. The van der Waals surface area contributed by atoms with Crippen LogP contribution in [0.25, 0.3) is 11.1 Å². The summed E-state index contributed by atoms with van der Waals surface area (Å²) in [7, 11) is 0. The Hall–Kier alpha value is -1.87.